The van der Waals surface area contributed by atoms with Crippen LogP contribution in [0, 0.1) is 0 Å². The number of hydrogen-bond acceptors (Lipinski definition) is 5. The molecule has 1 N–H and O–H groups in total. The number of benzene rings is 2. The van der Waals surface area contributed by atoms with Gasteiger partial charge in [0.15, 0.2) is 0 Å². The maximum atomic E-state index is 12.9. The number of anilines is 1. The van der Waals surface area contributed by atoms with E-state index < -0.39 is 5.97 Å². The van der Waals surface area contributed by atoms with Gasteiger partial charge in [-0.1, -0.05) is 23.7 Å². The molecule has 28 heavy (non-hydrogen) atoms. The molecule has 0 atom stereocenters. The summed E-state index contributed by atoms with van der Waals surface area (Å²) < 4.78 is 5.20. The summed E-state index contributed by atoms with van der Waals surface area (Å²) in [5, 5.41) is 15.2. The number of aromatic hydroxyl groups is 1. The predicted octanol–water partition coefficient (Wildman–Crippen LogP) is 4.42. The Labute approximate surface area is 167 Å². The highest BCUT2D eigenvalue weighted by Gasteiger charge is 2.29. The number of halogens is 1. The van der Waals surface area contributed by atoms with Crippen LogP contribution in [0.25, 0.3) is 6.08 Å². The summed E-state index contributed by atoms with van der Waals surface area (Å²) in [7, 11) is 0. The molecule has 1 aliphatic rings. The molecule has 0 saturated heterocycles. The van der Waals surface area contributed by atoms with Crippen molar-refractivity contribution >= 4 is 41.0 Å². The molecule has 1 heterocycles. The standard InChI is InChI=1S/C21H19ClN2O4/c1-12(2)28-21(27)18-11-15(6-9-19(18)22)24-20(26)17(13(3)23-24)10-14-4-7-16(25)8-5-14/h4-12,25H,1-3H3/b17-10-. The Hall–Kier alpha value is -3.12. The third kappa shape index (κ3) is 4.07. The summed E-state index contributed by atoms with van der Waals surface area (Å²) in [4.78, 5) is 25.1. The van der Waals surface area contributed by atoms with E-state index in [2.05, 4.69) is 5.10 Å². The Balaban J connectivity index is 1.92. The molecule has 0 radical (unpaired) electrons. The van der Waals surface area contributed by atoms with Crippen molar-refractivity contribution in [3.8, 4) is 5.75 Å². The number of ether oxygens (including phenoxy) is 1. The maximum absolute atomic E-state index is 12.9. The van der Waals surface area contributed by atoms with E-state index in [4.69, 9.17) is 16.3 Å². The van der Waals surface area contributed by atoms with E-state index >= 15 is 0 Å². The maximum Gasteiger partial charge on any atom is 0.339 e. The Bertz CT molecular complexity index is 994. The Morgan fingerprint density at radius 2 is 1.89 bits per heavy atom. The van der Waals surface area contributed by atoms with Gasteiger partial charge in [-0.05, 0) is 62.7 Å². The van der Waals surface area contributed by atoms with E-state index in [0.717, 1.165) is 5.56 Å². The molecule has 0 bridgehead atoms. The average molecular weight is 399 g/mol. The molecular formula is C21H19ClN2O4. The molecule has 1 amide bonds. The number of phenolic OH excluding ortho intramolecular Hbond substituents is 1. The normalized spacial score (nSPS) is 15.3. The van der Waals surface area contributed by atoms with Gasteiger partial charge < -0.3 is 9.84 Å². The van der Waals surface area contributed by atoms with Gasteiger partial charge in [0.1, 0.15) is 5.75 Å². The molecule has 1 aliphatic heterocycles. The summed E-state index contributed by atoms with van der Waals surface area (Å²) in [6.45, 7) is 5.22. The fraction of sp³-hybridized carbons (Fsp3) is 0.190. The Morgan fingerprint density at radius 3 is 2.54 bits per heavy atom. The zero-order chi connectivity index (χ0) is 20.4. The lowest BCUT2D eigenvalue weighted by Gasteiger charge is -2.14. The first kappa shape index (κ1) is 19.6. The monoisotopic (exact) mass is 398 g/mol. The van der Waals surface area contributed by atoms with Crippen molar-refractivity contribution in [1.29, 1.82) is 0 Å². The second-order valence-corrected chi connectivity index (χ2v) is 6.98. The first-order valence-corrected chi connectivity index (χ1v) is 9.05. The van der Waals surface area contributed by atoms with Crippen LogP contribution in [0.1, 0.15) is 36.7 Å². The number of phenols is 1. The molecule has 0 spiro atoms. The van der Waals surface area contributed by atoms with E-state index in [0.29, 0.717) is 17.0 Å². The highest BCUT2D eigenvalue weighted by atomic mass is 35.5. The summed E-state index contributed by atoms with van der Waals surface area (Å²) in [6, 6.07) is 11.1. The van der Waals surface area contributed by atoms with Crippen molar-refractivity contribution in [2.75, 3.05) is 5.01 Å². The van der Waals surface area contributed by atoms with Crippen LogP contribution in [0.5, 0.6) is 5.75 Å². The van der Waals surface area contributed by atoms with Gasteiger partial charge in [0, 0.05) is 0 Å². The van der Waals surface area contributed by atoms with E-state index in [-0.39, 0.29) is 28.3 Å². The Kier molecular flexibility index (Phi) is 5.51. The van der Waals surface area contributed by atoms with Crippen molar-refractivity contribution in [2.45, 2.75) is 26.9 Å². The summed E-state index contributed by atoms with van der Waals surface area (Å²) in [5.74, 6) is -0.737. The number of carbonyl (C=O) groups is 2. The van der Waals surface area contributed by atoms with Crippen molar-refractivity contribution in [3.05, 3.63) is 64.2 Å². The van der Waals surface area contributed by atoms with E-state index in [1.807, 2.05) is 0 Å². The van der Waals surface area contributed by atoms with E-state index in [1.165, 1.54) is 17.1 Å². The number of amides is 1. The molecule has 0 aromatic heterocycles. The molecule has 7 heteroatoms. The molecule has 3 rings (SSSR count). The summed E-state index contributed by atoms with van der Waals surface area (Å²) in [5.41, 5.74) is 2.31. The van der Waals surface area contributed by atoms with Crippen LogP contribution in [-0.2, 0) is 9.53 Å². The molecular weight excluding hydrogens is 380 g/mol. The SMILES string of the molecule is CC1=NN(c2ccc(Cl)c(C(=O)OC(C)C)c2)C(=O)/C1=C\c1ccc(O)cc1. The second kappa shape index (κ2) is 7.86. The minimum absolute atomic E-state index is 0.147. The van der Waals surface area contributed by atoms with Gasteiger partial charge in [-0.3, -0.25) is 4.79 Å². The topological polar surface area (TPSA) is 79.2 Å². The molecule has 0 saturated carbocycles. The van der Waals surface area contributed by atoms with Crippen LogP contribution in [0.4, 0.5) is 5.69 Å². The largest absolute Gasteiger partial charge is 0.508 e. The molecule has 2 aromatic carbocycles. The highest BCUT2D eigenvalue weighted by Crippen LogP contribution is 2.29. The van der Waals surface area contributed by atoms with Crippen LogP contribution in [0.15, 0.2) is 53.1 Å². The Morgan fingerprint density at radius 1 is 1.21 bits per heavy atom. The van der Waals surface area contributed by atoms with Crippen LogP contribution in [0.2, 0.25) is 5.02 Å². The smallest absolute Gasteiger partial charge is 0.339 e. The number of carbonyl (C=O) groups excluding carboxylic acids is 2. The third-order valence-electron chi connectivity index (χ3n) is 4.02. The lowest BCUT2D eigenvalue weighted by atomic mass is 10.1. The van der Waals surface area contributed by atoms with Crippen molar-refractivity contribution in [1.82, 2.24) is 0 Å². The molecule has 0 aliphatic carbocycles. The van der Waals surface area contributed by atoms with Crippen LogP contribution in [-0.4, -0.2) is 28.8 Å². The molecule has 0 unspecified atom stereocenters. The zero-order valence-electron chi connectivity index (χ0n) is 15.6. The van der Waals surface area contributed by atoms with Gasteiger partial charge in [0.05, 0.1) is 33.7 Å². The van der Waals surface area contributed by atoms with Crippen molar-refractivity contribution in [3.63, 3.8) is 0 Å². The predicted molar refractivity (Wildman–Crippen MR) is 109 cm³/mol. The van der Waals surface area contributed by atoms with Crippen LogP contribution >= 0.6 is 11.6 Å². The zero-order valence-corrected chi connectivity index (χ0v) is 16.4. The number of hydrazone groups is 1. The fourth-order valence-corrected chi connectivity index (χ4v) is 2.87. The lowest BCUT2D eigenvalue weighted by Crippen LogP contribution is -2.22. The van der Waals surface area contributed by atoms with Crippen LogP contribution in [0.3, 0.4) is 0 Å². The number of esters is 1. The summed E-state index contributed by atoms with van der Waals surface area (Å²) in [6.07, 6.45) is 1.41. The number of rotatable bonds is 4. The van der Waals surface area contributed by atoms with Crippen molar-refractivity contribution in [2.24, 2.45) is 5.10 Å². The number of nitrogens with zero attached hydrogens (tertiary/aromatic N) is 2. The van der Waals surface area contributed by atoms with Gasteiger partial charge in [-0.25, -0.2) is 4.79 Å². The van der Waals surface area contributed by atoms with E-state index in [9.17, 15) is 14.7 Å². The van der Waals surface area contributed by atoms with Gasteiger partial charge in [-0.2, -0.15) is 10.1 Å². The van der Waals surface area contributed by atoms with Crippen molar-refractivity contribution < 1.29 is 19.4 Å². The van der Waals surface area contributed by atoms with E-state index in [1.54, 1.807) is 57.2 Å². The quantitative estimate of drug-likeness (QED) is 0.610. The third-order valence-corrected chi connectivity index (χ3v) is 4.35. The first-order chi connectivity index (χ1) is 13.3. The van der Waals surface area contributed by atoms with Gasteiger partial charge in [-0.15, -0.1) is 0 Å². The van der Waals surface area contributed by atoms with Gasteiger partial charge >= 0.3 is 5.97 Å². The molecule has 0 fully saturated rings. The number of hydrogen-bond donors (Lipinski definition) is 1. The molecule has 2 aromatic rings. The average Bonchev–Trinajstić information content (AvgIpc) is 2.91. The van der Waals surface area contributed by atoms with Gasteiger partial charge in [0.2, 0.25) is 0 Å². The molecule has 144 valence electrons. The van der Waals surface area contributed by atoms with Crippen LogP contribution < -0.4 is 5.01 Å². The second-order valence-electron chi connectivity index (χ2n) is 6.57. The highest BCUT2D eigenvalue weighted by molar-refractivity contribution is 6.34. The summed E-state index contributed by atoms with van der Waals surface area (Å²) >= 11 is 6.12. The minimum atomic E-state index is -0.561. The van der Waals surface area contributed by atoms with Gasteiger partial charge in [0.25, 0.3) is 5.91 Å². The fourth-order valence-electron chi connectivity index (χ4n) is 2.68. The lowest BCUT2D eigenvalue weighted by molar-refractivity contribution is -0.114. The minimum Gasteiger partial charge on any atom is -0.508 e. The first-order valence-electron chi connectivity index (χ1n) is 8.67. The molecule has 6 nitrogen and oxygen atoms in total.